The summed E-state index contributed by atoms with van der Waals surface area (Å²) in [4.78, 5) is 23.6. The van der Waals surface area contributed by atoms with Gasteiger partial charge in [-0.05, 0) is 43.7 Å². The maximum absolute atomic E-state index is 12.8. The molecule has 0 aliphatic carbocycles. The van der Waals surface area contributed by atoms with E-state index >= 15 is 0 Å². The van der Waals surface area contributed by atoms with Crippen molar-refractivity contribution in [1.82, 2.24) is 24.5 Å². The zero-order chi connectivity index (χ0) is 19.8. The maximum atomic E-state index is 12.8. The molecule has 1 atom stereocenters. The van der Waals surface area contributed by atoms with Gasteiger partial charge in [-0.15, -0.1) is 0 Å². The number of nitrogens with zero attached hydrogens (tertiary/aromatic N) is 5. The van der Waals surface area contributed by atoms with Gasteiger partial charge in [0.05, 0.1) is 0 Å². The average molecular weight is 383 g/mol. The summed E-state index contributed by atoms with van der Waals surface area (Å²) in [6.07, 6.45) is 6.46. The number of aryl methyl sites for hydroxylation is 1. The zero-order valence-corrected chi connectivity index (χ0v) is 16.2. The van der Waals surface area contributed by atoms with Gasteiger partial charge in [0.15, 0.2) is 11.5 Å². The molecular formula is C23H21N5O. The van der Waals surface area contributed by atoms with E-state index in [2.05, 4.69) is 4.98 Å². The fourth-order valence-corrected chi connectivity index (χ4v) is 3.89. The van der Waals surface area contributed by atoms with Crippen LogP contribution in [-0.2, 0) is 0 Å². The van der Waals surface area contributed by atoms with E-state index in [0.717, 1.165) is 46.7 Å². The molecule has 5 rings (SSSR count). The molecule has 144 valence electrons. The third kappa shape index (κ3) is 3.38. The summed E-state index contributed by atoms with van der Waals surface area (Å²) in [6.45, 7) is 3.39. The van der Waals surface area contributed by atoms with Crippen LogP contribution in [0.1, 0.15) is 34.1 Å². The second kappa shape index (κ2) is 7.13. The second-order valence-electron chi connectivity index (χ2n) is 7.54. The lowest BCUT2D eigenvalue weighted by Gasteiger charge is -2.16. The van der Waals surface area contributed by atoms with Gasteiger partial charge >= 0.3 is 0 Å². The van der Waals surface area contributed by atoms with Crippen molar-refractivity contribution in [1.29, 1.82) is 0 Å². The minimum Gasteiger partial charge on any atom is -0.338 e. The third-order valence-electron chi connectivity index (χ3n) is 5.45. The van der Waals surface area contributed by atoms with E-state index in [1.807, 2.05) is 77.3 Å². The number of aromatic nitrogens is 4. The third-order valence-corrected chi connectivity index (χ3v) is 5.45. The molecule has 3 aromatic heterocycles. The predicted molar refractivity (Wildman–Crippen MR) is 111 cm³/mol. The van der Waals surface area contributed by atoms with Crippen molar-refractivity contribution in [2.75, 3.05) is 13.1 Å². The molecule has 1 aliphatic heterocycles. The molecule has 4 aromatic rings. The molecule has 1 saturated heterocycles. The average Bonchev–Trinajstić information content (AvgIpc) is 3.40. The minimum absolute atomic E-state index is 0.0822. The number of hydrogen-bond donors (Lipinski definition) is 0. The van der Waals surface area contributed by atoms with Gasteiger partial charge in [-0.1, -0.05) is 23.8 Å². The van der Waals surface area contributed by atoms with Gasteiger partial charge in [0.2, 0.25) is 0 Å². The van der Waals surface area contributed by atoms with Gasteiger partial charge in [0, 0.05) is 54.3 Å². The highest BCUT2D eigenvalue weighted by molar-refractivity contribution is 5.94. The predicted octanol–water partition coefficient (Wildman–Crippen LogP) is 3.73. The molecule has 0 radical (unpaired) electrons. The van der Waals surface area contributed by atoms with Gasteiger partial charge in [0.25, 0.3) is 5.91 Å². The molecule has 1 fully saturated rings. The number of hydrogen-bond acceptors (Lipinski definition) is 4. The Morgan fingerprint density at radius 2 is 2.03 bits per heavy atom. The molecule has 1 aliphatic rings. The zero-order valence-electron chi connectivity index (χ0n) is 16.2. The number of likely N-dealkylation sites (tertiary alicyclic amines) is 1. The molecule has 6 nitrogen and oxygen atoms in total. The number of pyridine rings is 2. The first-order valence-electron chi connectivity index (χ1n) is 9.80. The molecule has 1 amide bonds. The lowest BCUT2D eigenvalue weighted by atomic mass is 10.1. The maximum Gasteiger partial charge on any atom is 0.253 e. The van der Waals surface area contributed by atoms with Gasteiger partial charge in [0.1, 0.15) is 0 Å². The first kappa shape index (κ1) is 17.6. The molecular weight excluding hydrogens is 362 g/mol. The highest BCUT2D eigenvalue weighted by atomic mass is 16.2. The van der Waals surface area contributed by atoms with Crippen LogP contribution in [0, 0.1) is 6.92 Å². The van der Waals surface area contributed by atoms with E-state index in [-0.39, 0.29) is 11.8 Å². The van der Waals surface area contributed by atoms with Gasteiger partial charge in [-0.25, -0.2) is 9.50 Å². The highest BCUT2D eigenvalue weighted by Gasteiger charge is 2.30. The normalized spacial score (nSPS) is 16.4. The molecule has 1 aromatic carbocycles. The second-order valence-corrected chi connectivity index (χ2v) is 7.54. The van der Waals surface area contributed by atoms with E-state index in [9.17, 15) is 4.79 Å². The highest BCUT2D eigenvalue weighted by Crippen LogP contribution is 2.27. The van der Waals surface area contributed by atoms with Gasteiger partial charge in [-0.2, -0.15) is 5.10 Å². The lowest BCUT2D eigenvalue weighted by molar-refractivity contribution is 0.0790. The van der Waals surface area contributed by atoms with E-state index in [1.54, 1.807) is 6.20 Å². The van der Waals surface area contributed by atoms with Crippen LogP contribution in [0.3, 0.4) is 0 Å². The largest absolute Gasteiger partial charge is 0.338 e. The summed E-state index contributed by atoms with van der Waals surface area (Å²) >= 11 is 0. The standard InChI is InChI=1S/C23H21N5O/c1-16-4-2-5-17(12-16)23(29)27-11-9-20(14-27)22-25-21-8-7-19(15-28(21)26-22)18-6-3-10-24-13-18/h2-8,10,12-13,15,20H,9,11,14H2,1H3/t20-/m1/s1. The van der Waals surface area contributed by atoms with Crippen LogP contribution in [0.2, 0.25) is 0 Å². The number of rotatable bonds is 3. The van der Waals surface area contributed by atoms with Crippen molar-refractivity contribution < 1.29 is 4.79 Å². The first-order chi connectivity index (χ1) is 14.2. The van der Waals surface area contributed by atoms with Crippen LogP contribution in [0.4, 0.5) is 0 Å². The topological polar surface area (TPSA) is 63.4 Å². The van der Waals surface area contributed by atoms with Crippen LogP contribution < -0.4 is 0 Å². The molecule has 29 heavy (non-hydrogen) atoms. The number of carbonyl (C=O) groups excluding carboxylic acids is 1. The van der Waals surface area contributed by atoms with Crippen molar-refractivity contribution in [3.05, 3.63) is 84.1 Å². The summed E-state index contributed by atoms with van der Waals surface area (Å²) in [7, 11) is 0. The molecule has 4 heterocycles. The summed E-state index contributed by atoms with van der Waals surface area (Å²) in [5.74, 6) is 1.04. The molecule has 0 saturated carbocycles. The molecule has 0 spiro atoms. The van der Waals surface area contributed by atoms with Crippen LogP contribution in [0.5, 0.6) is 0 Å². The molecule has 0 bridgehead atoms. The fourth-order valence-electron chi connectivity index (χ4n) is 3.89. The molecule has 6 heteroatoms. The first-order valence-corrected chi connectivity index (χ1v) is 9.80. The number of benzene rings is 1. The number of carbonyl (C=O) groups is 1. The van der Waals surface area contributed by atoms with Crippen molar-refractivity contribution in [2.45, 2.75) is 19.3 Å². The fraction of sp³-hybridized carbons (Fsp3) is 0.217. The Hall–Kier alpha value is -3.54. The van der Waals surface area contributed by atoms with E-state index in [4.69, 9.17) is 10.1 Å². The van der Waals surface area contributed by atoms with Gasteiger partial charge in [-0.3, -0.25) is 9.78 Å². The Balaban J connectivity index is 1.37. The SMILES string of the molecule is Cc1cccc(C(=O)N2CC[C@@H](c3nc4ccc(-c5cccnc5)cn4n3)C2)c1. The van der Waals surface area contributed by atoms with Gasteiger partial charge < -0.3 is 4.90 Å². The summed E-state index contributed by atoms with van der Waals surface area (Å²) < 4.78 is 1.82. The Morgan fingerprint density at radius 3 is 2.86 bits per heavy atom. The number of fused-ring (bicyclic) bond motifs is 1. The van der Waals surface area contributed by atoms with Crippen molar-refractivity contribution in [3.63, 3.8) is 0 Å². The van der Waals surface area contributed by atoms with E-state index in [0.29, 0.717) is 6.54 Å². The Morgan fingerprint density at radius 1 is 1.10 bits per heavy atom. The molecule has 0 N–H and O–H groups in total. The Bertz CT molecular complexity index is 1180. The Kier molecular flexibility index (Phi) is 4.31. The summed E-state index contributed by atoms with van der Waals surface area (Å²) in [6, 6.07) is 15.7. The van der Waals surface area contributed by atoms with Crippen molar-refractivity contribution in [3.8, 4) is 11.1 Å². The lowest BCUT2D eigenvalue weighted by Crippen LogP contribution is -2.28. The van der Waals surface area contributed by atoms with Crippen LogP contribution in [0.15, 0.2) is 67.1 Å². The quantitative estimate of drug-likeness (QED) is 0.541. The molecule has 0 unspecified atom stereocenters. The van der Waals surface area contributed by atoms with Crippen LogP contribution in [-0.4, -0.2) is 43.5 Å². The van der Waals surface area contributed by atoms with Crippen LogP contribution in [0.25, 0.3) is 16.8 Å². The minimum atomic E-state index is 0.0822. The smallest absolute Gasteiger partial charge is 0.253 e. The summed E-state index contributed by atoms with van der Waals surface area (Å²) in [5, 5.41) is 4.71. The van der Waals surface area contributed by atoms with Crippen molar-refractivity contribution in [2.24, 2.45) is 0 Å². The number of amides is 1. The Labute approximate surface area is 168 Å². The van der Waals surface area contributed by atoms with Crippen LogP contribution >= 0.6 is 0 Å². The summed E-state index contributed by atoms with van der Waals surface area (Å²) in [5.41, 5.74) is 4.75. The van der Waals surface area contributed by atoms with E-state index in [1.165, 1.54) is 0 Å². The monoisotopic (exact) mass is 383 g/mol. The van der Waals surface area contributed by atoms with Crippen molar-refractivity contribution >= 4 is 11.6 Å². The van der Waals surface area contributed by atoms with E-state index < -0.39 is 0 Å².